The molecular weight excluding hydrogens is 306 g/mol. The maximum absolute atomic E-state index is 12.2. The van der Waals surface area contributed by atoms with Crippen LogP contribution in [0.2, 0.25) is 0 Å². The van der Waals surface area contributed by atoms with Crippen LogP contribution < -0.4 is 16.0 Å². The first-order valence-electron chi connectivity index (χ1n) is 8.11. The lowest BCUT2D eigenvalue weighted by molar-refractivity contribution is 0.0939. The Morgan fingerprint density at radius 1 is 1.21 bits per heavy atom. The molecule has 0 saturated heterocycles. The van der Waals surface area contributed by atoms with Gasteiger partial charge in [0.05, 0.1) is 6.26 Å². The van der Waals surface area contributed by atoms with Crippen LogP contribution in [0.4, 0.5) is 10.5 Å². The SMILES string of the molecule is C[C@H](Cc1ccco1)NC(=O)c1ccc(NC(=O)NC2CC2)cc1. The van der Waals surface area contributed by atoms with Crippen LogP contribution in [-0.4, -0.2) is 24.0 Å². The molecule has 1 saturated carbocycles. The van der Waals surface area contributed by atoms with Crippen molar-refractivity contribution >= 4 is 17.6 Å². The van der Waals surface area contributed by atoms with Gasteiger partial charge >= 0.3 is 6.03 Å². The number of hydrogen-bond donors (Lipinski definition) is 3. The van der Waals surface area contributed by atoms with Gasteiger partial charge in [0.2, 0.25) is 0 Å². The van der Waals surface area contributed by atoms with Gasteiger partial charge in [-0.1, -0.05) is 0 Å². The lowest BCUT2D eigenvalue weighted by Crippen LogP contribution is -2.34. The first-order chi connectivity index (χ1) is 11.6. The van der Waals surface area contributed by atoms with Crippen LogP contribution >= 0.6 is 0 Å². The molecule has 0 aliphatic heterocycles. The van der Waals surface area contributed by atoms with E-state index in [0.29, 0.717) is 23.7 Å². The predicted octanol–water partition coefficient (Wildman–Crippen LogP) is 2.92. The molecule has 1 aliphatic rings. The topological polar surface area (TPSA) is 83.4 Å². The van der Waals surface area contributed by atoms with E-state index in [1.165, 1.54) is 0 Å². The molecule has 3 N–H and O–H groups in total. The molecule has 1 aromatic carbocycles. The second-order valence-electron chi connectivity index (χ2n) is 6.11. The Bertz CT molecular complexity index is 691. The van der Waals surface area contributed by atoms with Gasteiger partial charge < -0.3 is 20.4 Å². The molecule has 1 atom stereocenters. The van der Waals surface area contributed by atoms with Gasteiger partial charge in [0.25, 0.3) is 5.91 Å². The average Bonchev–Trinajstić information content (AvgIpc) is 3.20. The number of amides is 3. The van der Waals surface area contributed by atoms with Gasteiger partial charge in [-0.2, -0.15) is 0 Å². The van der Waals surface area contributed by atoms with E-state index in [9.17, 15) is 9.59 Å². The fraction of sp³-hybridized carbons (Fsp3) is 0.333. The Morgan fingerprint density at radius 3 is 2.58 bits per heavy atom. The van der Waals surface area contributed by atoms with E-state index in [4.69, 9.17) is 4.42 Å². The first kappa shape index (κ1) is 16.1. The van der Waals surface area contributed by atoms with Crippen molar-refractivity contribution in [3.63, 3.8) is 0 Å². The molecule has 1 heterocycles. The molecule has 1 aromatic heterocycles. The van der Waals surface area contributed by atoms with Gasteiger partial charge in [-0.05, 0) is 56.2 Å². The van der Waals surface area contributed by atoms with Crippen LogP contribution in [0, 0.1) is 0 Å². The molecule has 0 bridgehead atoms. The summed E-state index contributed by atoms with van der Waals surface area (Å²) in [6, 6.07) is 10.6. The summed E-state index contributed by atoms with van der Waals surface area (Å²) in [7, 11) is 0. The fourth-order valence-corrected chi connectivity index (χ4v) is 2.37. The molecule has 126 valence electrons. The van der Waals surface area contributed by atoms with Crippen molar-refractivity contribution < 1.29 is 14.0 Å². The van der Waals surface area contributed by atoms with Gasteiger partial charge in [-0.25, -0.2) is 4.79 Å². The molecule has 1 aliphatic carbocycles. The van der Waals surface area contributed by atoms with Crippen molar-refractivity contribution in [3.8, 4) is 0 Å². The molecule has 2 aromatic rings. The zero-order valence-corrected chi connectivity index (χ0v) is 13.5. The van der Waals surface area contributed by atoms with Crippen molar-refractivity contribution in [1.29, 1.82) is 0 Å². The number of anilines is 1. The molecular formula is C18H21N3O3. The van der Waals surface area contributed by atoms with Gasteiger partial charge in [0.15, 0.2) is 0 Å². The number of carbonyl (C=O) groups is 2. The molecule has 0 unspecified atom stereocenters. The average molecular weight is 327 g/mol. The molecule has 3 amide bonds. The third-order valence-corrected chi connectivity index (χ3v) is 3.78. The van der Waals surface area contributed by atoms with Crippen molar-refractivity contribution in [3.05, 3.63) is 54.0 Å². The van der Waals surface area contributed by atoms with E-state index in [0.717, 1.165) is 18.6 Å². The third kappa shape index (κ3) is 4.62. The Balaban J connectivity index is 1.50. The minimum Gasteiger partial charge on any atom is -0.469 e. The van der Waals surface area contributed by atoms with Crippen LogP contribution in [0.3, 0.4) is 0 Å². The summed E-state index contributed by atoms with van der Waals surface area (Å²) < 4.78 is 5.28. The van der Waals surface area contributed by atoms with Crippen molar-refractivity contribution in [2.24, 2.45) is 0 Å². The van der Waals surface area contributed by atoms with Gasteiger partial charge in [0.1, 0.15) is 5.76 Å². The Labute approximate surface area is 140 Å². The molecule has 0 spiro atoms. The highest BCUT2D eigenvalue weighted by atomic mass is 16.3. The maximum Gasteiger partial charge on any atom is 0.319 e. The molecule has 6 heteroatoms. The Hall–Kier alpha value is -2.76. The predicted molar refractivity (Wildman–Crippen MR) is 91.0 cm³/mol. The van der Waals surface area contributed by atoms with E-state index in [1.54, 1.807) is 30.5 Å². The Kier molecular flexibility index (Phi) is 4.84. The first-order valence-corrected chi connectivity index (χ1v) is 8.11. The van der Waals surface area contributed by atoms with Crippen molar-refractivity contribution in [1.82, 2.24) is 10.6 Å². The number of rotatable bonds is 6. The third-order valence-electron chi connectivity index (χ3n) is 3.78. The van der Waals surface area contributed by atoms with E-state index in [1.807, 2.05) is 19.1 Å². The molecule has 6 nitrogen and oxygen atoms in total. The summed E-state index contributed by atoms with van der Waals surface area (Å²) in [6.45, 7) is 1.93. The molecule has 1 fully saturated rings. The lowest BCUT2D eigenvalue weighted by atomic mass is 10.1. The zero-order chi connectivity index (χ0) is 16.9. The minimum atomic E-state index is -0.207. The normalized spacial score (nSPS) is 14.7. The molecule has 24 heavy (non-hydrogen) atoms. The summed E-state index contributed by atoms with van der Waals surface area (Å²) in [5.74, 6) is 0.687. The number of hydrogen-bond acceptors (Lipinski definition) is 3. The number of benzene rings is 1. The minimum absolute atomic E-state index is 0.0363. The van der Waals surface area contributed by atoms with Crippen molar-refractivity contribution in [2.45, 2.75) is 38.3 Å². The number of nitrogens with one attached hydrogen (secondary N) is 3. The largest absolute Gasteiger partial charge is 0.469 e. The van der Waals surface area contributed by atoms with Crippen LogP contribution in [0.25, 0.3) is 0 Å². The van der Waals surface area contributed by atoms with E-state index < -0.39 is 0 Å². The summed E-state index contributed by atoms with van der Waals surface area (Å²) >= 11 is 0. The maximum atomic E-state index is 12.2. The monoisotopic (exact) mass is 327 g/mol. The fourth-order valence-electron chi connectivity index (χ4n) is 2.37. The summed E-state index contributed by atoms with van der Waals surface area (Å²) in [4.78, 5) is 23.9. The number of furan rings is 1. The van der Waals surface area contributed by atoms with E-state index in [2.05, 4.69) is 16.0 Å². The highest BCUT2D eigenvalue weighted by Gasteiger charge is 2.23. The van der Waals surface area contributed by atoms with Crippen LogP contribution in [-0.2, 0) is 6.42 Å². The number of urea groups is 1. The zero-order valence-electron chi connectivity index (χ0n) is 13.5. The van der Waals surface area contributed by atoms with Gasteiger partial charge in [0, 0.05) is 29.8 Å². The summed E-state index contributed by atoms with van der Waals surface area (Å²) in [6.07, 6.45) is 4.35. The smallest absolute Gasteiger partial charge is 0.319 e. The van der Waals surface area contributed by atoms with Crippen LogP contribution in [0.1, 0.15) is 35.9 Å². The number of carbonyl (C=O) groups excluding carboxylic acids is 2. The second-order valence-corrected chi connectivity index (χ2v) is 6.11. The van der Waals surface area contributed by atoms with Crippen molar-refractivity contribution in [2.75, 3.05) is 5.32 Å². The highest BCUT2D eigenvalue weighted by Crippen LogP contribution is 2.19. The molecule has 3 rings (SSSR count). The standard InChI is InChI=1S/C18H21N3O3/c1-12(11-16-3-2-10-24-16)19-17(22)13-4-6-14(7-5-13)20-18(23)21-15-8-9-15/h2-7,10,12,15H,8-9,11H2,1H3,(H,19,22)(H2,20,21,23)/t12-/m1/s1. The molecule has 0 radical (unpaired) electrons. The second kappa shape index (κ2) is 7.21. The lowest BCUT2D eigenvalue weighted by Gasteiger charge is -2.13. The summed E-state index contributed by atoms with van der Waals surface area (Å²) in [5, 5.41) is 8.53. The highest BCUT2D eigenvalue weighted by molar-refractivity contribution is 5.95. The van der Waals surface area contributed by atoms with Crippen LogP contribution in [0.5, 0.6) is 0 Å². The van der Waals surface area contributed by atoms with Gasteiger partial charge in [-0.15, -0.1) is 0 Å². The summed E-state index contributed by atoms with van der Waals surface area (Å²) in [5.41, 5.74) is 1.21. The Morgan fingerprint density at radius 2 is 1.96 bits per heavy atom. The quantitative estimate of drug-likeness (QED) is 0.763. The van der Waals surface area contributed by atoms with E-state index >= 15 is 0 Å². The van der Waals surface area contributed by atoms with Gasteiger partial charge in [-0.3, -0.25) is 4.79 Å². The van der Waals surface area contributed by atoms with Crippen LogP contribution in [0.15, 0.2) is 47.1 Å². The van der Waals surface area contributed by atoms with E-state index in [-0.39, 0.29) is 18.0 Å².